The lowest BCUT2D eigenvalue weighted by atomic mass is 9.87. The van der Waals surface area contributed by atoms with Crippen molar-refractivity contribution in [2.75, 3.05) is 6.61 Å². The van der Waals surface area contributed by atoms with Gasteiger partial charge in [0.2, 0.25) is 0 Å². The van der Waals surface area contributed by atoms with Gasteiger partial charge in [0.15, 0.2) is 0 Å². The molecule has 1 aliphatic carbocycles. The molecule has 24 heavy (non-hydrogen) atoms. The molecule has 0 aromatic rings. The Kier molecular flexibility index (Phi) is 4.28. The molecule has 0 radical (unpaired) electrons. The summed E-state index contributed by atoms with van der Waals surface area (Å²) >= 11 is 0. The lowest BCUT2D eigenvalue weighted by molar-refractivity contribution is -0.147. The summed E-state index contributed by atoms with van der Waals surface area (Å²) in [4.78, 5) is 35.4. The van der Waals surface area contributed by atoms with E-state index in [1.165, 1.54) is 6.92 Å². The van der Waals surface area contributed by atoms with Gasteiger partial charge >= 0.3 is 17.9 Å². The second-order valence-electron chi connectivity index (χ2n) is 6.03. The monoisotopic (exact) mass is 334 g/mol. The van der Waals surface area contributed by atoms with Crippen molar-refractivity contribution < 1.29 is 33.7 Å². The van der Waals surface area contributed by atoms with Crippen LogP contribution < -0.4 is 0 Å². The molecule has 4 atom stereocenters. The fourth-order valence-electron chi connectivity index (χ4n) is 3.26. The quantitative estimate of drug-likeness (QED) is 0.341. The molecule has 1 N–H and O–H groups in total. The molecule has 1 saturated heterocycles. The minimum Gasteiger partial charge on any atom is -0.457 e. The van der Waals surface area contributed by atoms with E-state index in [9.17, 15) is 19.5 Å². The molecule has 0 amide bonds. The normalized spacial score (nSPS) is 34.5. The number of rotatable bonds is 2. The number of carbonyl (C=O) groups excluding carboxylic acids is 3. The van der Waals surface area contributed by atoms with Crippen molar-refractivity contribution in [1.82, 2.24) is 0 Å². The van der Waals surface area contributed by atoms with Crippen molar-refractivity contribution in [3.05, 3.63) is 35.5 Å². The van der Waals surface area contributed by atoms with Crippen molar-refractivity contribution in [1.29, 1.82) is 0 Å². The van der Waals surface area contributed by atoms with Gasteiger partial charge in [-0.25, -0.2) is 9.59 Å². The van der Waals surface area contributed by atoms with Crippen LogP contribution >= 0.6 is 0 Å². The third-order valence-electron chi connectivity index (χ3n) is 4.42. The molecule has 0 unspecified atom stereocenters. The zero-order valence-electron chi connectivity index (χ0n) is 13.2. The Balaban J connectivity index is 2.01. The van der Waals surface area contributed by atoms with Gasteiger partial charge in [0, 0.05) is 12.5 Å². The van der Waals surface area contributed by atoms with Gasteiger partial charge in [-0.15, -0.1) is 0 Å². The second-order valence-corrected chi connectivity index (χ2v) is 6.03. The summed E-state index contributed by atoms with van der Waals surface area (Å²) in [5, 5.41) is 9.54. The number of aliphatic hydroxyl groups is 1. The highest BCUT2D eigenvalue weighted by molar-refractivity contribution is 5.94. The molecule has 0 spiro atoms. The first-order valence-corrected chi connectivity index (χ1v) is 7.71. The Bertz CT molecular complexity index is 672. The Labute approximate surface area is 138 Å². The largest absolute Gasteiger partial charge is 0.457 e. The van der Waals surface area contributed by atoms with E-state index in [1.54, 1.807) is 12.2 Å². The molecule has 2 aliphatic heterocycles. The molecular formula is C17H18O7. The molecule has 1 fully saturated rings. The first-order chi connectivity index (χ1) is 11.4. The second kappa shape index (κ2) is 6.24. The molecule has 7 heteroatoms. The van der Waals surface area contributed by atoms with Crippen molar-refractivity contribution in [2.45, 2.75) is 38.1 Å². The van der Waals surface area contributed by atoms with E-state index < -0.39 is 42.1 Å². The molecule has 128 valence electrons. The summed E-state index contributed by atoms with van der Waals surface area (Å²) in [5.41, 5.74) is 1.10. The maximum atomic E-state index is 12.2. The van der Waals surface area contributed by atoms with Crippen molar-refractivity contribution in [3.63, 3.8) is 0 Å². The van der Waals surface area contributed by atoms with Crippen LogP contribution in [0.3, 0.4) is 0 Å². The van der Waals surface area contributed by atoms with Crippen LogP contribution in [0.2, 0.25) is 0 Å². The van der Waals surface area contributed by atoms with E-state index >= 15 is 0 Å². The van der Waals surface area contributed by atoms with Crippen LogP contribution in [-0.2, 0) is 28.6 Å². The summed E-state index contributed by atoms with van der Waals surface area (Å²) < 4.78 is 15.9. The van der Waals surface area contributed by atoms with Crippen LogP contribution in [0.5, 0.6) is 0 Å². The third kappa shape index (κ3) is 2.87. The van der Waals surface area contributed by atoms with E-state index in [0.29, 0.717) is 18.4 Å². The van der Waals surface area contributed by atoms with E-state index in [4.69, 9.17) is 14.2 Å². The van der Waals surface area contributed by atoms with Gasteiger partial charge in [-0.05, 0) is 30.6 Å². The molecule has 0 saturated carbocycles. The SMILES string of the molecule is C=C1C(=O)O[C@H]2/C=C(/CO)CC[C@H](OC(C)=O)C3=C[C@@H](OC3=O)[C@H]12. The van der Waals surface area contributed by atoms with Crippen LogP contribution in [0.15, 0.2) is 35.5 Å². The molecule has 2 bridgehead atoms. The van der Waals surface area contributed by atoms with Gasteiger partial charge in [0.25, 0.3) is 0 Å². The Morgan fingerprint density at radius 1 is 1.29 bits per heavy atom. The molecule has 0 aromatic heterocycles. The fraction of sp³-hybridized carbons (Fsp3) is 0.471. The van der Waals surface area contributed by atoms with Crippen LogP contribution in [0.4, 0.5) is 0 Å². The van der Waals surface area contributed by atoms with Crippen LogP contribution in [0.25, 0.3) is 0 Å². The minimum absolute atomic E-state index is 0.216. The summed E-state index contributed by atoms with van der Waals surface area (Å²) in [6.07, 6.45) is 1.84. The average Bonchev–Trinajstić information content (AvgIpc) is 3.01. The number of esters is 3. The predicted octanol–water partition coefficient (Wildman–Crippen LogP) is 0.580. The fourth-order valence-corrected chi connectivity index (χ4v) is 3.26. The van der Waals surface area contributed by atoms with Crippen LogP contribution in [-0.4, -0.2) is 47.9 Å². The molecule has 0 aromatic carbocycles. The van der Waals surface area contributed by atoms with Gasteiger partial charge in [-0.2, -0.15) is 0 Å². The first kappa shape index (κ1) is 16.4. The molecule has 3 rings (SSSR count). The number of hydrogen-bond donors (Lipinski definition) is 1. The Morgan fingerprint density at radius 3 is 2.62 bits per heavy atom. The van der Waals surface area contributed by atoms with Gasteiger partial charge in [0.05, 0.1) is 18.1 Å². The van der Waals surface area contributed by atoms with E-state index in [1.807, 2.05) is 0 Å². The van der Waals surface area contributed by atoms with Crippen molar-refractivity contribution in [2.24, 2.45) is 5.92 Å². The van der Waals surface area contributed by atoms with E-state index in [2.05, 4.69) is 6.58 Å². The molecule has 3 aliphatic rings. The maximum Gasteiger partial charge on any atom is 0.338 e. The highest BCUT2D eigenvalue weighted by Crippen LogP contribution is 2.38. The molecule has 7 nitrogen and oxygen atoms in total. The van der Waals surface area contributed by atoms with Crippen LogP contribution in [0, 0.1) is 5.92 Å². The maximum absolute atomic E-state index is 12.2. The topological polar surface area (TPSA) is 99.1 Å². The minimum atomic E-state index is -0.752. The average molecular weight is 334 g/mol. The number of carbonyl (C=O) groups is 3. The zero-order chi connectivity index (χ0) is 17.4. The number of fused-ring (bicyclic) bond motifs is 3. The summed E-state index contributed by atoms with van der Waals surface area (Å²) in [6, 6.07) is 0. The first-order valence-electron chi connectivity index (χ1n) is 7.71. The van der Waals surface area contributed by atoms with Gasteiger partial charge in [-0.3, -0.25) is 4.79 Å². The lowest BCUT2D eigenvalue weighted by Gasteiger charge is -2.21. The number of aliphatic hydroxyl groups excluding tert-OH is 1. The standard InChI is InChI=1S/C17H18O7/c1-8-15-13(23-16(8)20)5-10(7-18)3-4-12(22-9(2)19)11-6-14(15)24-17(11)21/h5-6,12-15,18H,1,3-4,7H2,2H3/b10-5+/t12-,13-,14+,15+/m0/s1. The Morgan fingerprint density at radius 2 is 1.96 bits per heavy atom. The summed E-state index contributed by atoms with van der Waals surface area (Å²) in [7, 11) is 0. The van der Waals surface area contributed by atoms with E-state index in [0.717, 1.165) is 0 Å². The van der Waals surface area contributed by atoms with Crippen molar-refractivity contribution in [3.8, 4) is 0 Å². The zero-order valence-corrected chi connectivity index (χ0v) is 13.2. The van der Waals surface area contributed by atoms with Gasteiger partial charge in [0.1, 0.15) is 18.3 Å². The van der Waals surface area contributed by atoms with Crippen LogP contribution in [0.1, 0.15) is 19.8 Å². The highest BCUT2D eigenvalue weighted by Gasteiger charge is 2.47. The molecule has 2 heterocycles. The smallest absolute Gasteiger partial charge is 0.338 e. The molecular weight excluding hydrogens is 316 g/mol. The highest BCUT2D eigenvalue weighted by atomic mass is 16.6. The lowest BCUT2D eigenvalue weighted by Crippen LogP contribution is -2.28. The van der Waals surface area contributed by atoms with Gasteiger partial charge < -0.3 is 19.3 Å². The predicted molar refractivity (Wildman–Crippen MR) is 80.4 cm³/mol. The summed E-state index contributed by atoms with van der Waals surface area (Å²) in [6.45, 7) is 4.78. The van der Waals surface area contributed by atoms with E-state index in [-0.39, 0.29) is 17.8 Å². The summed E-state index contributed by atoms with van der Waals surface area (Å²) in [5.74, 6) is -2.20. The third-order valence-corrected chi connectivity index (χ3v) is 4.42. The van der Waals surface area contributed by atoms with Crippen molar-refractivity contribution >= 4 is 17.9 Å². The van der Waals surface area contributed by atoms with Gasteiger partial charge in [-0.1, -0.05) is 6.58 Å². The number of ether oxygens (including phenoxy) is 3. The number of hydrogen-bond acceptors (Lipinski definition) is 7. The Hall–Kier alpha value is -2.41.